The summed E-state index contributed by atoms with van der Waals surface area (Å²) >= 11 is 0. The Morgan fingerprint density at radius 1 is 0.889 bits per heavy atom. The predicted molar refractivity (Wildman–Crippen MR) is 72.1 cm³/mol. The van der Waals surface area contributed by atoms with Gasteiger partial charge in [0.25, 0.3) is 0 Å². The van der Waals surface area contributed by atoms with Crippen molar-refractivity contribution in [3.63, 3.8) is 0 Å². The number of hydrogen-bond donors (Lipinski definition) is 1. The lowest BCUT2D eigenvalue weighted by Crippen LogP contribution is -2.22. The second-order valence-electron chi connectivity index (χ2n) is 4.05. The van der Waals surface area contributed by atoms with E-state index >= 15 is 0 Å². The third-order valence-electron chi connectivity index (χ3n) is 2.47. The van der Waals surface area contributed by atoms with E-state index in [1.807, 2.05) is 61.5 Å². The van der Waals surface area contributed by atoms with E-state index in [1.165, 1.54) is 0 Å². The van der Waals surface area contributed by atoms with Crippen LogP contribution >= 0.6 is 0 Å². The molecular weight excluding hydrogens is 226 g/mol. The second-order valence-corrected chi connectivity index (χ2v) is 4.05. The Bertz CT molecular complexity index is 468. The van der Waals surface area contributed by atoms with E-state index in [-0.39, 0.29) is 6.10 Å². The first-order valence-electron chi connectivity index (χ1n) is 5.97. The summed E-state index contributed by atoms with van der Waals surface area (Å²) in [6.45, 7) is 2.44. The smallest absolute Gasteiger partial charge is 0.127 e. The molecule has 0 amide bonds. The van der Waals surface area contributed by atoms with Crippen LogP contribution in [0.4, 0.5) is 0 Å². The van der Waals surface area contributed by atoms with Gasteiger partial charge < -0.3 is 15.2 Å². The van der Waals surface area contributed by atoms with Crippen LogP contribution in [0, 0.1) is 0 Å². The standard InChI is InChI=1S/C15H17NO2/c1-12(11-16)17-14-7-9-15(10-8-14)18-13-5-3-2-4-6-13/h2-10,12H,11,16H2,1H3. The maximum absolute atomic E-state index is 5.68. The summed E-state index contributed by atoms with van der Waals surface area (Å²) in [6, 6.07) is 17.2. The van der Waals surface area contributed by atoms with Gasteiger partial charge in [0.1, 0.15) is 23.4 Å². The minimum Gasteiger partial charge on any atom is -0.489 e. The third-order valence-corrected chi connectivity index (χ3v) is 2.47. The van der Waals surface area contributed by atoms with Crippen LogP contribution in [0.3, 0.4) is 0 Å². The Kier molecular flexibility index (Phi) is 4.20. The molecule has 2 N–H and O–H groups in total. The van der Waals surface area contributed by atoms with Gasteiger partial charge in [0.05, 0.1) is 0 Å². The van der Waals surface area contributed by atoms with E-state index < -0.39 is 0 Å². The molecule has 2 aromatic carbocycles. The van der Waals surface area contributed by atoms with E-state index in [0.717, 1.165) is 17.2 Å². The lowest BCUT2D eigenvalue weighted by Gasteiger charge is -2.12. The molecule has 0 aromatic heterocycles. The highest BCUT2D eigenvalue weighted by atomic mass is 16.5. The van der Waals surface area contributed by atoms with Crippen molar-refractivity contribution >= 4 is 0 Å². The fourth-order valence-electron chi connectivity index (χ4n) is 1.49. The molecule has 0 fully saturated rings. The van der Waals surface area contributed by atoms with Crippen molar-refractivity contribution in [2.24, 2.45) is 5.73 Å². The maximum Gasteiger partial charge on any atom is 0.127 e. The van der Waals surface area contributed by atoms with Crippen LogP contribution < -0.4 is 15.2 Å². The topological polar surface area (TPSA) is 44.5 Å². The molecule has 2 rings (SSSR count). The molecule has 0 saturated carbocycles. The molecular formula is C15H17NO2. The highest BCUT2D eigenvalue weighted by molar-refractivity contribution is 5.35. The van der Waals surface area contributed by atoms with Gasteiger partial charge in [0.15, 0.2) is 0 Å². The van der Waals surface area contributed by atoms with E-state index in [4.69, 9.17) is 15.2 Å². The van der Waals surface area contributed by atoms with Gasteiger partial charge in [-0.1, -0.05) is 18.2 Å². The molecule has 0 radical (unpaired) electrons. The third kappa shape index (κ3) is 3.50. The molecule has 0 aliphatic rings. The number of para-hydroxylation sites is 1. The normalized spacial score (nSPS) is 11.9. The van der Waals surface area contributed by atoms with Gasteiger partial charge in [-0.05, 0) is 43.3 Å². The summed E-state index contributed by atoms with van der Waals surface area (Å²) in [7, 11) is 0. The highest BCUT2D eigenvalue weighted by Gasteiger charge is 2.02. The Morgan fingerprint density at radius 2 is 1.44 bits per heavy atom. The van der Waals surface area contributed by atoms with Crippen molar-refractivity contribution in [1.29, 1.82) is 0 Å². The van der Waals surface area contributed by atoms with Crippen LogP contribution in [0.15, 0.2) is 54.6 Å². The molecule has 2 aromatic rings. The van der Waals surface area contributed by atoms with Crippen molar-refractivity contribution < 1.29 is 9.47 Å². The van der Waals surface area contributed by atoms with Gasteiger partial charge >= 0.3 is 0 Å². The van der Waals surface area contributed by atoms with Gasteiger partial charge in [-0.25, -0.2) is 0 Å². The fraction of sp³-hybridized carbons (Fsp3) is 0.200. The van der Waals surface area contributed by atoms with Crippen molar-refractivity contribution in [2.45, 2.75) is 13.0 Å². The van der Waals surface area contributed by atoms with Gasteiger partial charge in [-0.3, -0.25) is 0 Å². The average Bonchev–Trinajstić information content (AvgIpc) is 2.42. The van der Waals surface area contributed by atoms with Crippen LogP contribution in [-0.2, 0) is 0 Å². The number of ether oxygens (including phenoxy) is 2. The molecule has 0 aliphatic carbocycles. The first-order valence-corrected chi connectivity index (χ1v) is 5.97. The molecule has 0 spiro atoms. The summed E-state index contributed by atoms with van der Waals surface area (Å²) in [5.74, 6) is 2.41. The van der Waals surface area contributed by atoms with Gasteiger partial charge in [-0.15, -0.1) is 0 Å². The molecule has 0 aliphatic heterocycles. The number of hydrogen-bond acceptors (Lipinski definition) is 3. The van der Waals surface area contributed by atoms with Crippen molar-refractivity contribution in [3.8, 4) is 17.2 Å². The SMILES string of the molecule is CC(CN)Oc1ccc(Oc2ccccc2)cc1. The molecule has 0 saturated heterocycles. The lowest BCUT2D eigenvalue weighted by atomic mass is 10.3. The minimum absolute atomic E-state index is 0.0193. The monoisotopic (exact) mass is 243 g/mol. The lowest BCUT2D eigenvalue weighted by molar-refractivity contribution is 0.229. The Morgan fingerprint density at radius 3 is 2.06 bits per heavy atom. The molecule has 3 heteroatoms. The quantitative estimate of drug-likeness (QED) is 0.877. The number of rotatable bonds is 5. The largest absolute Gasteiger partial charge is 0.489 e. The van der Waals surface area contributed by atoms with Gasteiger partial charge in [0, 0.05) is 6.54 Å². The van der Waals surface area contributed by atoms with Gasteiger partial charge in [-0.2, -0.15) is 0 Å². The predicted octanol–water partition coefficient (Wildman–Crippen LogP) is 3.20. The molecule has 3 nitrogen and oxygen atoms in total. The van der Waals surface area contributed by atoms with Crippen molar-refractivity contribution in [3.05, 3.63) is 54.6 Å². The Labute approximate surface area is 107 Å². The zero-order valence-corrected chi connectivity index (χ0v) is 10.4. The van der Waals surface area contributed by atoms with Crippen molar-refractivity contribution in [2.75, 3.05) is 6.54 Å². The molecule has 18 heavy (non-hydrogen) atoms. The molecule has 0 heterocycles. The van der Waals surface area contributed by atoms with Crippen LogP contribution in [0.5, 0.6) is 17.2 Å². The van der Waals surface area contributed by atoms with Crippen LogP contribution in [-0.4, -0.2) is 12.6 Å². The zero-order chi connectivity index (χ0) is 12.8. The summed E-state index contributed by atoms with van der Waals surface area (Å²) in [6.07, 6.45) is 0.0193. The highest BCUT2D eigenvalue weighted by Crippen LogP contribution is 2.23. The zero-order valence-electron chi connectivity index (χ0n) is 10.4. The van der Waals surface area contributed by atoms with Crippen LogP contribution in [0.1, 0.15) is 6.92 Å². The first-order chi connectivity index (χ1) is 8.78. The molecule has 1 unspecified atom stereocenters. The first kappa shape index (κ1) is 12.5. The van der Waals surface area contributed by atoms with E-state index in [0.29, 0.717) is 6.54 Å². The number of nitrogens with two attached hydrogens (primary N) is 1. The van der Waals surface area contributed by atoms with Gasteiger partial charge in [0.2, 0.25) is 0 Å². The van der Waals surface area contributed by atoms with E-state index in [2.05, 4.69) is 0 Å². The molecule has 1 atom stereocenters. The van der Waals surface area contributed by atoms with Crippen LogP contribution in [0.25, 0.3) is 0 Å². The summed E-state index contributed by atoms with van der Waals surface area (Å²) < 4.78 is 11.3. The summed E-state index contributed by atoms with van der Waals surface area (Å²) in [5.41, 5.74) is 5.50. The Hall–Kier alpha value is -2.00. The Balaban J connectivity index is 2.00. The fourth-order valence-corrected chi connectivity index (χ4v) is 1.49. The number of benzene rings is 2. The second kappa shape index (κ2) is 6.07. The van der Waals surface area contributed by atoms with E-state index in [1.54, 1.807) is 0 Å². The minimum atomic E-state index is 0.0193. The summed E-state index contributed by atoms with van der Waals surface area (Å²) in [5, 5.41) is 0. The summed E-state index contributed by atoms with van der Waals surface area (Å²) in [4.78, 5) is 0. The van der Waals surface area contributed by atoms with Crippen LogP contribution in [0.2, 0.25) is 0 Å². The molecule has 94 valence electrons. The van der Waals surface area contributed by atoms with E-state index in [9.17, 15) is 0 Å². The average molecular weight is 243 g/mol. The molecule has 0 bridgehead atoms. The van der Waals surface area contributed by atoms with Crippen molar-refractivity contribution in [1.82, 2.24) is 0 Å². The maximum atomic E-state index is 5.68.